The number of aromatic nitrogens is 2. The number of imidazole rings is 1. The average Bonchev–Trinajstić information content (AvgIpc) is 2.78. The van der Waals surface area contributed by atoms with Gasteiger partial charge in [0.25, 0.3) is 0 Å². The van der Waals surface area contributed by atoms with E-state index < -0.39 is 0 Å². The molecule has 2 heterocycles. The molecule has 1 aliphatic carbocycles. The highest BCUT2D eigenvalue weighted by molar-refractivity contribution is 6.00. The van der Waals surface area contributed by atoms with Crippen LogP contribution in [0.15, 0.2) is 17.5 Å². The molecule has 1 fully saturated rings. The minimum atomic E-state index is 0.321. The Morgan fingerprint density at radius 3 is 3.21 bits per heavy atom. The van der Waals surface area contributed by atoms with Crippen molar-refractivity contribution >= 4 is 5.71 Å². The Labute approximate surface area is 82.6 Å². The molecule has 2 atom stereocenters. The zero-order valence-corrected chi connectivity index (χ0v) is 8.18. The van der Waals surface area contributed by atoms with Crippen LogP contribution in [-0.4, -0.2) is 21.4 Å². The van der Waals surface area contributed by atoms with Crippen molar-refractivity contribution in [1.29, 1.82) is 0 Å². The smallest absolute Gasteiger partial charge is 0.157 e. The van der Waals surface area contributed by atoms with E-state index in [0.717, 1.165) is 18.0 Å². The molecule has 0 aromatic carbocycles. The summed E-state index contributed by atoms with van der Waals surface area (Å²) >= 11 is 0. The Hall–Kier alpha value is -1.32. The van der Waals surface area contributed by atoms with Crippen LogP contribution < -0.4 is 0 Å². The van der Waals surface area contributed by atoms with Gasteiger partial charge < -0.3 is 9.40 Å². The minimum Gasteiger partial charge on any atom is -0.391 e. The molecule has 0 saturated heterocycles. The number of nitrogens with zero attached hydrogens (tertiary/aromatic N) is 3. The molecule has 0 radical (unpaired) electrons. The van der Waals surface area contributed by atoms with Crippen molar-refractivity contribution in [3.05, 3.63) is 18.2 Å². The first-order valence-electron chi connectivity index (χ1n) is 5.07. The van der Waals surface area contributed by atoms with Crippen molar-refractivity contribution in [3.63, 3.8) is 0 Å². The molecule has 4 heteroatoms. The molecule has 0 spiro atoms. The van der Waals surface area contributed by atoms with Crippen LogP contribution in [0.5, 0.6) is 0 Å². The summed E-state index contributed by atoms with van der Waals surface area (Å²) in [6.45, 7) is 0. The quantitative estimate of drug-likeness (QED) is 0.671. The largest absolute Gasteiger partial charge is 0.391 e. The van der Waals surface area contributed by atoms with Gasteiger partial charge in [0.15, 0.2) is 5.82 Å². The molecule has 1 aromatic rings. The predicted molar refractivity (Wildman–Crippen MR) is 52.0 cm³/mol. The lowest BCUT2D eigenvalue weighted by atomic mass is 10.00. The average molecular weight is 191 g/mol. The molecule has 0 N–H and O–H groups in total. The third kappa shape index (κ3) is 0.997. The molecule has 74 valence electrons. The summed E-state index contributed by atoms with van der Waals surface area (Å²) in [5.74, 6) is 1.44. The van der Waals surface area contributed by atoms with Crippen LogP contribution >= 0.6 is 0 Å². The molecule has 1 aromatic heterocycles. The van der Waals surface area contributed by atoms with E-state index in [9.17, 15) is 0 Å². The van der Waals surface area contributed by atoms with Gasteiger partial charge in [-0.25, -0.2) is 4.98 Å². The Morgan fingerprint density at radius 1 is 1.50 bits per heavy atom. The van der Waals surface area contributed by atoms with Gasteiger partial charge in [0, 0.05) is 25.4 Å². The van der Waals surface area contributed by atoms with Gasteiger partial charge in [0.1, 0.15) is 11.8 Å². The molecule has 0 bridgehead atoms. The second-order valence-corrected chi connectivity index (χ2v) is 4.02. The van der Waals surface area contributed by atoms with Gasteiger partial charge in [-0.05, 0) is 19.3 Å². The third-order valence-electron chi connectivity index (χ3n) is 3.14. The number of rotatable bonds is 1. The molecule has 0 unspecified atom stereocenters. The summed E-state index contributed by atoms with van der Waals surface area (Å²) in [6, 6.07) is 0. The summed E-state index contributed by atoms with van der Waals surface area (Å²) < 4.78 is 2.00. The first-order chi connectivity index (χ1) is 6.86. The molecule has 0 amide bonds. The third-order valence-corrected chi connectivity index (χ3v) is 3.14. The fraction of sp³-hybridized carbons (Fsp3) is 0.600. The van der Waals surface area contributed by atoms with Crippen molar-refractivity contribution in [1.82, 2.24) is 9.55 Å². The van der Waals surface area contributed by atoms with Crippen molar-refractivity contribution < 1.29 is 4.84 Å². The molecule has 4 nitrogen and oxygen atoms in total. The van der Waals surface area contributed by atoms with E-state index in [4.69, 9.17) is 4.84 Å². The second kappa shape index (κ2) is 2.83. The number of hydrogen-bond acceptors (Lipinski definition) is 3. The Kier molecular flexibility index (Phi) is 1.63. The molecule has 1 aliphatic heterocycles. The minimum absolute atomic E-state index is 0.321. The van der Waals surface area contributed by atoms with Gasteiger partial charge in [0.05, 0.1) is 0 Å². The maximum Gasteiger partial charge on any atom is 0.157 e. The lowest BCUT2D eigenvalue weighted by molar-refractivity contribution is 0.0746. The van der Waals surface area contributed by atoms with Crippen LogP contribution in [0.4, 0.5) is 0 Å². The topological polar surface area (TPSA) is 39.4 Å². The normalized spacial score (nSPS) is 29.9. The highest BCUT2D eigenvalue weighted by atomic mass is 16.6. The maximum atomic E-state index is 5.40. The van der Waals surface area contributed by atoms with E-state index in [1.54, 1.807) is 6.20 Å². The highest BCUT2D eigenvalue weighted by Gasteiger charge is 2.39. The molecular formula is C10H13N3O. The monoisotopic (exact) mass is 191 g/mol. The zero-order chi connectivity index (χ0) is 9.54. The number of aryl methyl sites for hydroxylation is 1. The highest BCUT2D eigenvalue weighted by Crippen LogP contribution is 2.35. The van der Waals surface area contributed by atoms with Gasteiger partial charge in [-0.15, -0.1) is 0 Å². The fourth-order valence-electron chi connectivity index (χ4n) is 2.38. The van der Waals surface area contributed by atoms with E-state index in [2.05, 4.69) is 10.1 Å². The molecule has 14 heavy (non-hydrogen) atoms. The van der Waals surface area contributed by atoms with Crippen LogP contribution in [0.2, 0.25) is 0 Å². The summed E-state index contributed by atoms with van der Waals surface area (Å²) in [4.78, 5) is 9.71. The fourth-order valence-corrected chi connectivity index (χ4v) is 2.38. The van der Waals surface area contributed by atoms with E-state index in [0.29, 0.717) is 12.0 Å². The summed E-state index contributed by atoms with van der Waals surface area (Å²) in [7, 11) is 1.99. The second-order valence-electron chi connectivity index (χ2n) is 4.02. The molecule has 1 saturated carbocycles. The number of fused-ring (bicyclic) bond motifs is 1. The molecular weight excluding hydrogens is 178 g/mol. The van der Waals surface area contributed by atoms with Gasteiger partial charge in [-0.1, -0.05) is 5.16 Å². The van der Waals surface area contributed by atoms with Crippen molar-refractivity contribution in [2.45, 2.75) is 25.4 Å². The van der Waals surface area contributed by atoms with Crippen LogP contribution in [0.25, 0.3) is 0 Å². The van der Waals surface area contributed by atoms with Crippen molar-refractivity contribution in [3.8, 4) is 0 Å². The summed E-state index contributed by atoms with van der Waals surface area (Å²) in [5, 5.41) is 4.16. The SMILES string of the molecule is Cn1ccnc1C1=NO[C@H]2CCC[C@@H]12. The maximum absolute atomic E-state index is 5.40. The van der Waals surface area contributed by atoms with Crippen LogP contribution in [0.3, 0.4) is 0 Å². The number of oxime groups is 1. The number of hydrogen-bond donors (Lipinski definition) is 0. The lowest BCUT2D eigenvalue weighted by Crippen LogP contribution is -2.20. The summed E-state index contributed by atoms with van der Waals surface area (Å²) in [6.07, 6.45) is 7.65. The van der Waals surface area contributed by atoms with Crippen molar-refractivity contribution in [2.75, 3.05) is 0 Å². The Bertz CT molecular complexity index is 382. The van der Waals surface area contributed by atoms with Crippen LogP contribution in [0, 0.1) is 5.92 Å². The van der Waals surface area contributed by atoms with E-state index in [1.807, 2.05) is 17.8 Å². The van der Waals surface area contributed by atoms with Gasteiger partial charge >= 0.3 is 0 Å². The van der Waals surface area contributed by atoms with E-state index in [-0.39, 0.29) is 0 Å². The van der Waals surface area contributed by atoms with Crippen molar-refractivity contribution in [2.24, 2.45) is 18.1 Å². The molecule has 2 aliphatic rings. The lowest BCUT2D eigenvalue weighted by Gasteiger charge is -2.07. The van der Waals surface area contributed by atoms with Gasteiger partial charge in [-0.2, -0.15) is 0 Å². The van der Waals surface area contributed by atoms with Crippen LogP contribution in [-0.2, 0) is 11.9 Å². The van der Waals surface area contributed by atoms with Gasteiger partial charge in [-0.3, -0.25) is 0 Å². The Balaban J connectivity index is 1.96. The Morgan fingerprint density at radius 2 is 2.43 bits per heavy atom. The predicted octanol–water partition coefficient (Wildman–Crippen LogP) is 1.32. The summed E-state index contributed by atoms with van der Waals surface area (Å²) in [5.41, 5.74) is 1.04. The standard InChI is InChI=1S/C10H13N3O/c1-13-6-5-11-10(13)9-7-3-2-4-8(7)14-12-9/h5-8H,2-4H2,1H3/t7-,8+/m1/s1. The zero-order valence-electron chi connectivity index (χ0n) is 8.18. The first-order valence-corrected chi connectivity index (χ1v) is 5.07. The first kappa shape index (κ1) is 8.03. The molecule has 3 rings (SSSR count). The van der Waals surface area contributed by atoms with Gasteiger partial charge in [0.2, 0.25) is 0 Å². The van der Waals surface area contributed by atoms with E-state index in [1.165, 1.54) is 12.8 Å². The van der Waals surface area contributed by atoms with Crippen LogP contribution in [0.1, 0.15) is 25.1 Å². The van der Waals surface area contributed by atoms with E-state index >= 15 is 0 Å².